The standard InChI is InChI=1S/C11H16N2O2.C10H14N2O2/c1-7(14)8-6-12-10(11(2,3)4)13-9(8)15-5;1-6(13)7-5-11-9(10(2,3)4)12-8(7)14/h6H,1-5H3;5H,1-4H3,(H,11,12,14). The van der Waals surface area contributed by atoms with E-state index in [0.29, 0.717) is 23.1 Å². The van der Waals surface area contributed by atoms with E-state index < -0.39 is 0 Å². The molecule has 2 aromatic rings. The third-order valence-corrected chi connectivity index (χ3v) is 3.89. The number of aromatic amines is 1. The molecule has 0 unspecified atom stereocenters. The minimum absolute atomic E-state index is 0.0905. The molecule has 8 heteroatoms. The second-order valence-electron chi connectivity index (χ2n) is 8.70. The molecule has 2 rings (SSSR count). The van der Waals surface area contributed by atoms with Crippen molar-refractivity contribution in [1.29, 1.82) is 0 Å². The predicted molar refractivity (Wildman–Crippen MR) is 111 cm³/mol. The summed E-state index contributed by atoms with van der Waals surface area (Å²) in [6, 6.07) is 0. The Hall–Kier alpha value is -2.90. The highest BCUT2D eigenvalue weighted by atomic mass is 16.5. The molecule has 29 heavy (non-hydrogen) atoms. The molecule has 0 saturated heterocycles. The maximum Gasteiger partial charge on any atom is 0.261 e. The summed E-state index contributed by atoms with van der Waals surface area (Å²) >= 11 is 0. The van der Waals surface area contributed by atoms with Crippen LogP contribution in [0.15, 0.2) is 17.2 Å². The number of nitrogens with zero attached hydrogens (tertiary/aromatic N) is 3. The van der Waals surface area contributed by atoms with Gasteiger partial charge in [0.05, 0.1) is 12.7 Å². The van der Waals surface area contributed by atoms with Crippen LogP contribution in [0.2, 0.25) is 0 Å². The van der Waals surface area contributed by atoms with Crippen LogP contribution < -0.4 is 10.3 Å². The lowest BCUT2D eigenvalue weighted by Gasteiger charge is -2.17. The average molecular weight is 402 g/mol. The molecule has 2 heterocycles. The third kappa shape index (κ3) is 6.58. The van der Waals surface area contributed by atoms with Gasteiger partial charge in [-0.3, -0.25) is 14.4 Å². The molecule has 158 valence electrons. The van der Waals surface area contributed by atoms with E-state index in [1.54, 1.807) is 0 Å². The van der Waals surface area contributed by atoms with E-state index in [1.807, 2.05) is 41.5 Å². The van der Waals surface area contributed by atoms with Crippen LogP contribution in [0.5, 0.6) is 5.88 Å². The van der Waals surface area contributed by atoms with Gasteiger partial charge in [0.15, 0.2) is 11.6 Å². The van der Waals surface area contributed by atoms with Crippen LogP contribution in [0.3, 0.4) is 0 Å². The first-order valence-electron chi connectivity index (χ1n) is 9.21. The van der Waals surface area contributed by atoms with E-state index in [1.165, 1.54) is 33.4 Å². The molecule has 0 aliphatic rings. The molecule has 0 aromatic carbocycles. The summed E-state index contributed by atoms with van der Waals surface area (Å²) in [6.45, 7) is 14.7. The minimum Gasteiger partial charge on any atom is -0.480 e. The second kappa shape index (κ2) is 9.07. The first kappa shape index (κ1) is 24.1. The molecule has 2 aromatic heterocycles. The normalized spacial score (nSPS) is 11.3. The number of nitrogens with one attached hydrogen (secondary N) is 1. The Morgan fingerprint density at radius 3 is 1.79 bits per heavy atom. The fraction of sp³-hybridized carbons (Fsp3) is 0.524. The molecule has 0 amide bonds. The number of ether oxygens (including phenoxy) is 1. The molecule has 8 nitrogen and oxygen atoms in total. The first-order valence-corrected chi connectivity index (χ1v) is 9.21. The predicted octanol–water partition coefficient (Wildman–Crippen LogP) is 3.26. The van der Waals surface area contributed by atoms with Crippen molar-refractivity contribution in [3.8, 4) is 5.88 Å². The number of rotatable bonds is 3. The zero-order chi connectivity index (χ0) is 22.6. The van der Waals surface area contributed by atoms with Gasteiger partial charge in [0.25, 0.3) is 5.56 Å². The lowest BCUT2D eigenvalue weighted by atomic mass is 9.95. The van der Waals surface area contributed by atoms with Crippen LogP contribution in [-0.4, -0.2) is 38.6 Å². The topological polar surface area (TPSA) is 115 Å². The van der Waals surface area contributed by atoms with Crippen LogP contribution in [0.1, 0.15) is 87.8 Å². The summed E-state index contributed by atoms with van der Waals surface area (Å²) in [7, 11) is 1.50. The van der Waals surface area contributed by atoms with Crippen molar-refractivity contribution < 1.29 is 14.3 Å². The molecule has 0 spiro atoms. The van der Waals surface area contributed by atoms with E-state index in [2.05, 4.69) is 19.9 Å². The van der Waals surface area contributed by atoms with Crippen LogP contribution in [0.25, 0.3) is 0 Å². The van der Waals surface area contributed by atoms with Crippen molar-refractivity contribution in [3.63, 3.8) is 0 Å². The van der Waals surface area contributed by atoms with Gasteiger partial charge in [-0.05, 0) is 13.8 Å². The van der Waals surface area contributed by atoms with E-state index >= 15 is 0 Å². The molecule has 0 radical (unpaired) electrons. The molecule has 0 aliphatic carbocycles. The molecule has 1 N–H and O–H groups in total. The zero-order valence-corrected chi connectivity index (χ0v) is 18.6. The van der Waals surface area contributed by atoms with Gasteiger partial charge in [-0.1, -0.05) is 41.5 Å². The fourth-order valence-corrected chi connectivity index (χ4v) is 2.15. The molecule has 0 atom stereocenters. The van der Waals surface area contributed by atoms with Gasteiger partial charge in [0.1, 0.15) is 17.2 Å². The highest BCUT2D eigenvalue weighted by molar-refractivity contribution is 5.95. The van der Waals surface area contributed by atoms with Crippen molar-refractivity contribution in [2.24, 2.45) is 0 Å². The van der Waals surface area contributed by atoms with Gasteiger partial charge in [0.2, 0.25) is 5.88 Å². The number of carbonyl (C=O) groups is 2. The molecule has 0 fully saturated rings. The summed E-state index contributed by atoms with van der Waals surface area (Å²) in [4.78, 5) is 48.7. The van der Waals surface area contributed by atoms with Crippen molar-refractivity contribution in [1.82, 2.24) is 19.9 Å². The number of carbonyl (C=O) groups excluding carboxylic acids is 2. The van der Waals surface area contributed by atoms with E-state index in [0.717, 1.165) is 0 Å². The van der Waals surface area contributed by atoms with Gasteiger partial charge in [-0.25, -0.2) is 9.97 Å². The SMILES string of the molecule is CC(=O)c1cnc(C(C)(C)C)[nH]c1=O.COc1nc(C(C)(C)C)ncc1C(C)=O. The monoisotopic (exact) mass is 402 g/mol. The summed E-state index contributed by atoms with van der Waals surface area (Å²) in [5.41, 5.74) is -0.196. The van der Waals surface area contributed by atoms with Crippen LogP contribution >= 0.6 is 0 Å². The number of methoxy groups -OCH3 is 1. The maximum atomic E-state index is 11.4. The number of hydrogen-bond acceptors (Lipinski definition) is 7. The van der Waals surface area contributed by atoms with Crippen molar-refractivity contribution >= 4 is 11.6 Å². The van der Waals surface area contributed by atoms with E-state index in [9.17, 15) is 14.4 Å². The fourth-order valence-electron chi connectivity index (χ4n) is 2.15. The minimum atomic E-state index is -0.363. The number of ketones is 2. The summed E-state index contributed by atoms with van der Waals surface area (Å²) in [6.07, 6.45) is 2.86. The third-order valence-electron chi connectivity index (χ3n) is 3.89. The Balaban J connectivity index is 0.000000291. The summed E-state index contributed by atoms with van der Waals surface area (Å²) < 4.78 is 5.07. The highest BCUT2D eigenvalue weighted by Gasteiger charge is 2.20. The second-order valence-corrected chi connectivity index (χ2v) is 8.70. The quantitative estimate of drug-likeness (QED) is 0.784. The van der Waals surface area contributed by atoms with Crippen molar-refractivity contribution in [2.45, 2.75) is 66.2 Å². The van der Waals surface area contributed by atoms with Gasteiger partial charge >= 0.3 is 0 Å². The smallest absolute Gasteiger partial charge is 0.261 e. The maximum absolute atomic E-state index is 11.4. The van der Waals surface area contributed by atoms with E-state index in [4.69, 9.17) is 4.74 Å². The van der Waals surface area contributed by atoms with Crippen LogP contribution in [0, 0.1) is 0 Å². The average Bonchev–Trinajstić information content (AvgIpc) is 2.59. The van der Waals surface area contributed by atoms with Gasteiger partial charge < -0.3 is 9.72 Å². The number of Topliss-reactive ketones (excluding diaryl/α,β-unsaturated/α-hetero) is 2. The highest BCUT2D eigenvalue weighted by Crippen LogP contribution is 2.22. The Kier molecular flexibility index (Phi) is 7.55. The van der Waals surface area contributed by atoms with Crippen molar-refractivity contribution in [2.75, 3.05) is 7.11 Å². The number of H-pyrrole nitrogens is 1. The zero-order valence-electron chi connectivity index (χ0n) is 18.6. The Bertz CT molecular complexity index is 950. The molecule has 0 bridgehead atoms. The Morgan fingerprint density at radius 1 is 0.897 bits per heavy atom. The van der Waals surface area contributed by atoms with Gasteiger partial charge in [-0.2, -0.15) is 4.98 Å². The largest absolute Gasteiger partial charge is 0.480 e. The van der Waals surface area contributed by atoms with Crippen LogP contribution in [-0.2, 0) is 10.8 Å². The van der Waals surface area contributed by atoms with Crippen LogP contribution in [0.4, 0.5) is 0 Å². The Morgan fingerprint density at radius 2 is 1.41 bits per heavy atom. The molecule has 0 saturated carbocycles. The van der Waals surface area contributed by atoms with Gasteiger partial charge in [0, 0.05) is 23.2 Å². The lowest BCUT2D eigenvalue weighted by Crippen LogP contribution is -2.25. The first-order chi connectivity index (χ1) is 13.2. The van der Waals surface area contributed by atoms with E-state index in [-0.39, 0.29) is 33.5 Å². The number of hydrogen-bond donors (Lipinski definition) is 1. The number of aromatic nitrogens is 4. The van der Waals surface area contributed by atoms with Gasteiger partial charge in [-0.15, -0.1) is 0 Å². The molecule has 0 aliphatic heterocycles. The Labute approximate surface area is 171 Å². The molecular weight excluding hydrogens is 372 g/mol. The van der Waals surface area contributed by atoms with Crippen molar-refractivity contribution in [3.05, 3.63) is 45.5 Å². The lowest BCUT2D eigenvalue weighted by molar-refractivity contribution is 0.100. The molecular formula is C21H30N4O4. The summed E-state index contributed by atoms with van der Waals surface area (Å²) in [5.74, 6) is 1.26. The summed E-state index contributed by atoms with van der Waals surface area (Å²) in [5, 5.41) is 0.